The first-order valence-electron chi connectivity index (χ1n) is 6.27. The maximum Gasteiger partial charge on any atom is 0.311 e. The molecule has 1 aromatic rings. The number of ether oxygens (including phenoxy) is 1. The monoisotopic (exact) mass is 268 g/mol. The summed E-state index contributed by atoms with van der Waals surface area (Å²) in [6.45, 7) is 2.02. The van der Waals surface area contributed by atoms with Gasteiger partial charge < -0.3 is 15.6 Å². The number of rotatable bonds is 7. The number of unbranched alkanes of at least 4 members (excludes halogenated alkanes) is 1. The van der Waals surface area contributed by atoms with E-state index in [1.165, 1.54) is 19.2 Å². The van der Waals surface area contributed by atoms with Crippen molar-refractivity contribution in [1.29, 1.82) is 0 Å². The molecule has 1 aromatic carbocycles. The molecule has 0 amide bonds. The van der Waals surface area contributed by atoms with Crippen LogP contribution < -0.4 is 10.5 Å². The van der Waals surface area contributed by atoms with Gasteiger partial charge in [0.25, 0.3) is 0 Å². The van der Waals surface area contributed by atoms with Crippen molar-refractivity contribution >= 4 is 5.69 Å². The Morgan fingerprint density at radius 2 is 2.21 bits per heavy atom. The van der Waals surface area contributed by atoms with E-state index in [0.717, 1.165) is 12.8 Å². The lowest BCUT2D eigenvalue weighted by atomic mass is 9.98. The second-order valence-corrected chi connectivity index (χ2v) is 4.42. The molecule has 0 aliphatic carbocycles. The zero-order valence-electron chi connectivity index (χ0n) is 11.2. The van der Waals surface area contributed by atoms with E-state index in [4.69, 9.17) is 10.5 Å². The molecular weight excluding hydrogens is 248 g/mol. The molecule has 0 spiro atoms. The fourth-order valence-corrected chi connectivity index (χ4v) is 1.87. The largest absolute Gasteiger partial charge is 0.490 e. The SMILES string of the molecule is CCCC[C@H](O)[C@H](N)c1ccc(OC)c([N+](=O)[O-])c1. The molecule has 0 heterocycles. The molecule has 6 heteroatoms. The Kier molecular flexibility index (Phi) is 5.72. The van der Waals surface area contributed by atoms with Crippen molar-refractivity contribution in [2.75, 3.05) is 7.11 Å². The minimum atomic E-state index is -0.701. The second-order valence-electron chi connectivity index (χ2n) is 4.42. The Labute approximate surface area is 112 Å². The molecule has 0 saturated heterocycles. The van der Waals surface area contributed by atoms with Gasteiger partial charge in [-0.2, -0.15) is 0 Å². The van der Waals surface area contributed by atoms with Gasteiger partial charge in [0, 0.05) is 6.07 Å². The summed E-state index contributed by atoms with van der Waals surface area (Å²) in [7, 11) is 1.37. The Balaban J connectivity index is 2.94. The molecule has 1 rings (SSSR count). The van der Waals surface area contributed by atoms with Crippen molar-refractivity contribution in [3.63, 3.8) is 0 Å². The van der Waals surface area contributed by atoms with Crippen molar-refractivity contribution < 1.29 is 14.8 Å². The van der Waals surface area contributed by atoms with Crippen LogP contribution in [0.15, 0.2) is 18.2 Å². The third-order valence-corrected chi connectivity index (χ3v) is 3.05. The normalized spacial score (nSPS) is 13.9. The molecule has 106 valence electrons. The summed E-state index contributed by atoms with van der Waals surface area (Å²) in [5.74, 6) is 0.184. The number of hydrogen-bond donors (Lipinski definition) is 2. The van der Waals surface area contributed by atoms with E-state index in [0.29, 0.717) is 12.0 Å². The number of benzene rings is 1. The van der Waals surface area contributed by atoms with Crippen molar-refractivity contribution in [1.82, 2.24) is 0 Å². The second kappa shape index (κ2) is 7.06. The third-order valence-electron chi connectivity index (χ3n) is 3.05. The lowest BCUT2D eigenvalue weighted by Gasteiger charge is -2.19. The van der Waals surface area contributed by atoms with Crippen LogP contribution in [-0.2, 0) is 0 Å². The van der Waals surface area contributed by atoms with E-state index >= 15 is 0 Å². The highest BCUT2D eigenvalue weighted by Gasteiger charge is 2.21. The number of nitro groups is 1. The summed E-state index contributed by atoms with van der Waals surface area (Å²) in [5.41, 5.74) is 6.32. The molecule has 0 aliphatic rings. The van der Waals surface area contributed by atoms with Crippen molar-refractivity contribution in [2.24, 2.45) is 5.73 Å². The van der Waals surface area contributed by atoms with Gasteiger partial charge in [0.1, 0.15) is 0 Å². The molecule has 0 radical (unpaired) electrons. The van der Waals surface area contributed by atoms with Gasteiger partial charge in [0.2, 0.25) is 0 Å². The summed E-state index contributed by atoms with van der Waals surface area (Å²) in [4.78, 5) is 10.4. The predicted octanol–water partition coefficient (Wildman–Crippen LogP) is 2.15. The minimum Gasteiger partial charge on any atom is -0.490 e. The highest BCUT2D eigenvalue weighted by Crippen LogP contribution is 2.30. The van der Waals surface area contributed by atoms with E-state index in [1.54, 1.807) is 6.07 Å². The number of nitrogens with zero attached hydrogens (tertiary/aromatic N) is 1. The molecule has 0 unspecified atom stereocenters. The van der Waals surface area contributed by atoms with Gasteiger partial charge in [-0.05, 0) is 18.1 Å². The van der Waals surface area contributed by atoms with Crippen LogP contribution in [-0.4, -0.2) is 23.2 Å². The van der Waals surface area contributed by atoms with Crippen LogP contribution in [0.25, 0.3) is 0 Å². The smallest absolute Gasteiger partial charge is 0.311 e. The average molecular weight is 268 g/mol. The summed E-state index contributed by atoms with van der Waals surface area (Å²) in [6, 6.07) is 3.88. The zero-order chi connectivity index (χ0) is 14.4. The van der Waals surface area contributed by atoms with Crippen molar-refractivity contribution in [2.45, 2.75) is 38.3 Å². The van der Waals surface area contributed by atoms with Gasteiger partial charge in [-0.1, -0.05) is 25.8 Å². The van der Waals surface area contributed by atoms with E-state index in [-0.39, 0.29) is 11.4 Å². The lowest BCUT2D eigenvalue weighted by molar-refractivity contribution is -0.385. The molecular formula is C13H20N2O4. The van der Waals surface area contributed by atoms with Crippen LogP contribution in [0.1, 0.15) is 37.8 Å². The number of aliphatic hydroxyl groups excluding tert-OH is 1. The first-order chi connectivity index (χ1) is 9.01. The third kappa shape index (κ3) is 3.90. The molecule has 2 atom stereocenters. The fraction of sp³-hybridized carbons (Fsp3) is 0.538. The standard InChI is InChI=1S/C13H20N2O4/c1-3-4-5-11(16)13(14)9-6-7-12(19-2)10(8-9)15(17)18/h6-8,11,13,16H,3-5,14H2,1-2H3/t11-,13+/m0/s1. The molecule has 0 saturated carbocycles. The molecule has 0 aromatic heterocycles. The van der Waals surface area contributed by atoms with E-state index in [1.807, 2.05) is 6.92 Å². The number of methoxy groups -OCH3 is 1. The van der Waals surface area contributed by atoms with Crippen LogP contribution in [0.2, 0.25) is 0 Å². The van der Waals surface area contributed by atoms with Crippen molar-refractivity contribution in [3.8, 4) is 5.75 Å². The highest BCUT2D eigenvalue weighted by atomic mass is 16.6. The topological polar surface area (TPSA) is 98.6 Å². The molecule has 19 heavy (non-hydrogen) atoms. The van der Waals surface area contributed by atoms with Gasteiger partial charge >= 0.3 is 5.69 Å². The first kappa shape index (κ1) is 15.4. The van der Waals surface area contributed by atoms with Crippen LogP contribution in [0, 0.1) is 10.1 Å². The van der Waals surface area contributed by atoms with Crippen LogP contribution in [0.5, 0.6) is 5.75 Å². The van der Waals surface area contributed by atoms with E-state index < -0.39 is 17.1 Å². The highest BCUT2D eigenvalue weighted by molar-refractivity contribution is 5.49. The number of hydrogen-bond acceptors (Lipinski definition) is 5. The summed E-state index contributed by atoms with van der Waals surface area (Å²) in [5, 5.41) is 20.9. The lowest BCUT2D eigenvalue weighted by Crippen LogP contribution is -2.26. The Morgan fingerprint density at radius 3 is 2.74 bits per heavy atom. The quantitative estimate of drug-likeness (QED) is 0.583. The van der Waals surface area contributed by atoms with Gasteiger partial charge in [0.15, 0.2) is 5.75 Å². The Hall–Kier alpha value is -1.66. The average Bonchev–Trinajstić information content (AvgIpc) is 2.42. The Morgan fingerprint density at radius 1 is 1.53 bits per heavy atom. The number of nitrogens with two attached hydrogens (primary N) is 1. The molecule has 3 N–H and O–H groups in total. The van der Waals surface area contributed by atoms with Crippen LogP contribution in [0.3, 0.4) is 0 Å². The zero-order valence-corrected chi connectivity index (χ0v) is 11.2. The van der Waals surface area contributed by atoms with Gasteiger partial charge in [-0.15, -0.1) is 0 Å². The number of nitro benzene ring substituents is 1. The van der Waals surface area contributed by atoms with Gasteiger partial charge in [-0.3, -0.25) is 10.1 Å². The summed E-state index contributed by atoms with van der Waals surface area (Å²) < 4.78 is 4.92. The molecule has 0 aliphatic heterocycles. The maximum absolute atomic E-state index is 10.9. The summed E-state index contributed by atoms with van der Waals surface area (Å²) in [6.07, 6.45) is 1.71. The van der Waals surface area contributed by atoms with Crippen molar-refractivity contribution in [3.05, 3.63) is 33.9 Å². The number of aliphatic hydroxyl groups is 1. The molecule has 0 bridgehead atoms. The predicted molar refractivity (Wildman–Crippen MR) is 72.1 cm³/mol. The van der Waals surface area contributed by atoms with E-state index in [2.05, 4.69) is 0 Å². The molecule has 6 nitrogen and oxygen atoms in total. The van der Waals surface area contributed by atoms with Gasteiger partial charge in [-0.25, -0.2) is 0 Å². The summed E-state index contributed by atoms with van der Waals surface area (Å²) >= 11 is 0. The molecule has 0 fully saturated rings. The Bertz CT molecular complexity index is 437. The van der Waals surface area contributed by atoms with Crippen LogP contribution in [0.4, 0.5) is 5.69 Å². The first-order valence-corrected chi connectivity index (χ1v) is 6.27. The fourth-order valence-electron chi connectivity index (χ4n) is 1.87. The van der Waals surface area contributed by atoms with Crippen LogP contribution >= 0.6 is 0 Å². The minimum absolute atomic E-state index is 0.141. The van der Waals surface area contributed by atoms with E-state index in [9.17, 15) is 15.2 Å². The van der Waals surface area contributed by atoms with Gasteiger partial charge in [0.05, 0.1) is 24.2 Å². The maximum atomic E-state index is 10.9.